The number of methoxy groups -OCH3 is 1. The molecule has 2 aliphatic rings. The number of hydrogen-bond acceptors (Lipinski definition) is 4. The molecule has 1 aromatic heterocycles. The Hall–Kier alpha value is -0.900. The third kappa shape index (κ3) is 3.26. The Morgan fingerprint density at radius 1 is 1.38 bits per heavy atom. The van der Waals surface area contributed by atoms with E-state index in [-0.39, 0.29) is 35.0 Å². The molecule has 136 valence electrons. The normalized spacial score (nSPS) is 31.5. The van der Waals surface area contributed by atoms with Gasteiger partial charge >= 0.3 is 0 Å². The highest BCUT2D eigenvalue weighted by atomic mass is 127. The third-order valence-corrected chi connectivity index (χ3v) is 5.96. The van der Waals surface area contributed by atoms with Crippen molar-refractivity contribution in [3.63, 3.8) is 0 Å². The number of hydrogen-bond donors (Lipinski definition) is 2. The number of nitrogens with one attached hydrogen (secondary N) is 2. The smallest absolute Gasteiger partial charge is 0.191 e. The third-order valence-electron chi connectivity index (χ3n) is 5.96. The number of halogens is 1. The highest BCUT2D eigenvalue weighted by molar-refractivity contribution is 14.0. The van der Waals surface area contributed by atoms with Gasteiger partial charge < -0.3 is 15.4 Å². The summed E-state index contributed by atoms with van der Waals surface area (Å²) in [7, 11) is 3.61. The van der Waals surface area contributed by atoms with E-state index in [0.717, 1.165) is 37.6 Å². The topological polar surface area (TPSA) is 76.4 Å². The number of fused-ring (bicyclic) bond motifs is 1. The van der Waals surface area contributed by atoms with Crippen LogP contribution in [-0.4, -0.2) is 52.6 Å². The van der Waals surface area contributed by atoms with Crippen molar-refractivity contribution in [3.05, 3.63) is 12.2 Å². The van der Waals surface area contributed by atoms with Crippen molar-refractivity contribution >= 4 is 29.9 Å². The molecule has 0 radical (unpaired) electrons. The summed E-state index contributed by atoms with van der Waals surface area (Å²) < 4.78 is 7.67. The van der Waals surface area contributed by atoms with Crippen LogP contribution in [0.4, 0.5) is 0 Å². The standard InChI is InChI=1S/C16H28N6O.HI/c1-15(2)12(8-16(15,3)23-5)21-14(17-4)20-11-6-7-13-18-10-19-22(13)9-11;/h10-12H,6-9H2,1-5H3,(H2,17,20,21);1H. The van der Waals surface area contributed by atoms with Crippen LogP contribution in [0.3, 0.4) is 0 Å². The number of nitrogens with zero attached hydrogens (tertiary/aromatic N) is 4. The first-order chi connectivity index (χ1) is 10.9. The van der Waals surface area contributed by atoms with Crippen LogP contribution in [0.25, 0.3) is 0 Å². The Balaban J connectivity index is 0.00000208. The maximum absolute atomic E-state index is 5.70. The second-order valence-corrected chi connectivity index (χ2v) is 7.37. The predicted molar refractivity (Wildman–Crippen MR) is 105 cm³/mol. The number of aliphatic imine (C=N–C) groups is 1. The number of aromatic nitrogens is 3. The fourth-order valence-electron chi connectivity index (χ4n) is 3.61. The second kappa shape index (κ2) is 7.15. The minimum Gasteiger partial charge on any atom is -0.378 e. The lowest BCUT2D eigenvalue weighted by Crippen LogP contribution is -2.69. The molecule has 0 saturated heterocycles. The SMILES string of the molecule is CN=C(NC1CCc2ncnn2C1)NC1CC(C)(OC)C1(C)C.I. The number of ether oxygens (including phenoxy) is 1. The maximum atomic E-state index is 5.70. The van der Waals surface area contributed by atoms with Crippen LogP contribution >= 0.6 is 24.0 Å². The van der Waals surface area contributed by atoms with Gasteiger partial charge in [-0.25, -0.2) is 9.67 Å². The molecule has 1 aliphatic heterocycles. The molecule has 7 nitrogen and oxygen atoms in total. The zero-order chi connectivity index (χ0) is 16.7. The van der Waals surface area contributed by atoms with Gasteiger partial charge in [-0.15, -0.1) is 24.0 Å². The van der Waals surface area contributed by atoms with Crippen LogP contribution in [0, 0.1) is 5.41 Å². The van der Waals surface area contributed by atoms with Gasteiger partial charge in [0.2, 0.25) is 0 Å². The van der Waals surface area contributed by atoms with Gasteiger partial charge in [0, 0.05) is 38.1 Å². The second-order valence-electron chi connectivity index (χ2n) is 7.37. The van der Waals surface area contributed by atoms with E-state index in [1.807, 2.05) is 11.7 Å². The summed E-state index contributed by atoms with van der Waals surface area (Å²) in [5, 5.41) is 11.4. The molecule has 3 unspecified atom stereocenters. The average molecular weight is 448 g/mol. The van der Waals surface area contributed by atoms with E-state index in [2.05, 4.69) is 46.5 Å². The Labute approximate surface area is 161 Å². The molecule has 0 aromatic carbocycles. The van der Waals surface area contributed by atoms with Gasteiger partial charge in [0.05, 0.1) is 12.1 Å². The van der Waals surface area contributed by atoms with Crippen LogP contribution in [0.15, 0.2) is 11.3 Å². The van der Waals surface area contributed by atoms with E-state index in [4.69, 9.17) is 4.74 Å². The molecule has 3 atom stereocenters. The number of guanidine groups is 1. The molecule has 0 bridgehead atoms. The van der Waals surface area contributed by atoms with Gasteiger partial charge in [-0.1, -0.05) is 13.8 Å². The number of aryl methyl sites for hydroxylation is 1. The van der Waals surface area contributed by atoms with Crippen LogP contribution in [0.1, 0.15) is 39.4 Å². The molecule has 1 aliphatic carbocycles. The summed E-state index contributed by atoms with van der Waals surface area (Å²) in [6.45, 7) is 7.50. The summed E-state index contributed by atoms with van der Waals surface area (Å²) in [5.74, 6) is 1.93. The summed E-state index contributed by atoms with van der Waals surface area (Å²) in [6.07, 6.45) is 4.61. The molecule has 8 heteroatoms. The summed E-state index contributed by atoms with van der Waals surface area (Å²) in [5.41, 5.74) is -0.0189. The Morgan fingerprint density at radius 3 is 2.75 bits per heavy atom. The minimum absolute atomic E-state index is 0. The Kier molecular flexibility index (Phi) is 5.79. The van der Waals surface area contributed by atoms with Crippen molar-refractivity contribution in [3.8, 4) is 0 Å². The molecule has 2 N–H and O–H groups in total. The van der Waals surface area contributed by atoms with Crippen LogP contribution in [0.5, 0.6) is 0 Å². The van der Waals surface area contributed by atoms with Gasteiger partial charge in [0.15, 0.2) is 5.96 Å². The van der Waals surface area contributed by atoms with Crippen LogP contribution in [0.2, 0.25) is 0 Å². The summed E-state index contributed by atoms with van der Waals surface area (Å²) in [4.78, 5) is 8.67. The Morgan fingerprint density at radius 2 is 2.12 bits per heavy atom. The molecule has 0 spiro atoms. The molecule has 2 heterocycles. The van der Waals surface area contributed by atoms with E-state index >= 15 is 0 Å². The quantitative estimate of drug-likeness (QED) is 0.417. The molecule has 1 fully saturated rings. The molecular formula is C16H29IN6O. The monoisotopic (exact) mass is 448 g/mol. The lowest BCUT2D eigenvalue weighted by atomic mass is 9.56. The van der Waals surface area contributed by atoms with Crippen molar-refractivity contribution in [2.24, 2.45) is 10.4 Å². The summed E-state index contributed by atoms with van der Waals surface area (Å²) in [6, 6.07) is 0.677. The zero-order valence-electron chi connectivity index (χ0n) is 15.2. The zero-order valence-corrected chi connectivity index (χ0v) is 17.5. The predicted octanol–water partition coefficient (Wildman–Crippen LogP) is 1.58. The molecule has 24 heavy (non-hydrogen) atoms. The molecule has 3 rings (SSSR count). The first kappa shape index (κ1) is 19.4. The fourth-order valence-corrected chi connectivity index (χ4v) is 3.61. The number of rotatable bonds is 3. The first-order valence-electron chi connectivity index (χ1n) is 8.31. The molecular weight excluding hydrogens is 419 g/mol. The average Bonchev–Trinajstić information content (AvgIpc) is 3.00. The molecule has 1 saturated carbocycles. The van der Waals surface area contributed by atoms with Gasteiger partial charge in [-0.2, -0.15) is 5.10 Å². The van der Waals surface area contributed by atoms with Gasteiger partial charge in [-0.3, -0.25) is 4.99 Å². The van der Waals surface area contributed by atoms with E-state index < -0.39 is 0 Å². The highest BCUT2D eigenvalue weighted by Crippen LogP contribution is 2.51. The van der Waals surface area contributed by atoms with Gasteiger partial charge in [-0.05, 0) is 19.8 Å². The maximum Gasteiger partial charge on any atom is 0.191 e. The molecule has 1 aromatic rings. The van der Waals surface area contributed by atoms with E-state index in [0.29, 0.717) is 12.1 Å². The lowest BCUT2D eigenvalue weighted by molar-refractivity contribution is -0.176. The van der Waals surface area contributed by atoms with Crippen molar-refractivity contribution < 1.29 is 4.74 Å². The first-order valence-corrected chi connectivity index (χ1v) is 8.31. The Bertz CT molecular complexity index is 601. The van der Waals surface area contributed by atoms with E-state index in [9.17, 15) is 0 Å². The van der Waals surface area contributed by atoms with Gasteiger partial charge in [0.25, 0.3) is 0 Å². The summed E-state index contributed by atoms with van der Waals surface area (Å²) >= 11 is 0. The fraction of sp³-hybridized carbons (Fsp3) is 0.812. The van der Waals surface area contributed by atoms with Crippen LogP contribution < -0.4 is 10.6 Å². The van der Waals surface area contributed by atoms with Crippen LogP contribution in [-0.2, 0) is 17.7 Å². The van der Waals surface area contributed by atoms with Crippen molar-refractivity contribution in [1.29, 1.82) is 0 Å². The highest BCUT2D eigenvalue weighted by Gasteiger charge is 2.58. The van der Waals surface area contributed by atoms with E-state index in [1.165, 1.54) is 0 Å². The van der Waals surface area contributed by atoms with Crippen molar-refractivity contribution in [2.75, 3.05) is 14.2 Å². The molecule has 0 amide bonds. The lowest BCUT2D eigenvalue weighted by Gasteiger charge is -2.59. The van der Waals surface area contributed by atoms with Gasteiger partial charge in [0.1, 0.15) is 12.2 Å². The minimum atomic E-state index is -0.0794. The van der Waals surface area contributed by atoms with Crippen molar-refractivity contribution in [1.82, 2.24) is 25.4 Å². The largest absolute Gasteiger partial charge is 0.378 e. The van der Waals surface area contributed by atoms with E-state index in [1.54, 1.807) is 13.4 Å². The van der Waals surface area contributed by atoms with Crippen molar-refractivity contribution in [2.45, 2.75) is 64.3 Å².